The number of hydrogen-bond donors (Lipinski definition) is 1. The second-order valence-corrected chi connectivity index (χ2v) is 4.83. The molecular formula is C12H16FN3O4. The predicted molar refractivity (Wildman–Crippen MR) is 67.2 cm³/mol. The molecule has 4 atom stereocenters. The summed E-state index contributed by atoms with van der Waals surface area (Å²) in [5.74, 6) is -1.95. The van der Waals surface area contributed by atoms with Crippen molar-refractivity contribution in [2.45, 2.75) is 39.2 Å². The van der Waals surface area contributed by atoms with Gasteiger partial charge in [-0.15, -0.1) is 0 Å². The van der Waals surface area contributed by atoms with Gasteiger partial charge in [-0.2, -0.15) is 4.98 Å². The normalized spacial score (nSPS) is 29.4. The van der Waals surface area contributed by atoms with Gasteiger partial charge in [0.05, 0.1) is 12.3 Å². The zero-order valence-corrected chi connectivity index (χ0v) is 11.4. The van der Waals surface area contributed by atoms with Crippen molar-refractivity contribution in [3.63, 3.8) is 0 Å². The van der Waals surface area contributed by atoms with Gasteiger partial charge in [-0.1, -0.05) is 6.92 Å². The van der Waals surface area contributed by atoms with E-state index in [9.17, 15) is 14.0 Å². The SMILES string of the molecule is CC(=O)OC1C(C)C(C)O[C@H]1n1cc(F)c(N)nc1=O. The van der Waals surface area contributed by atoms with Crippen LogP contribution in [-0.4, -0.2) is 27.7 Å². The number of nitrogen functional groups attached to an aromatic ring is 1. The van der Waals surface area contributed by atoms with Crippen molar-refractivity contribution in [2.24, 2.45) is 5.92 Å². The topological polar surface area (TPSA) is 96.4 Å². The summed E-state index contributed by atoms with van der Waals surface area (Å²) in [5, 5.41) is 0. The van der Waals surface area contributed by atoms with Gasteiger partial charge in [0.15, 0.2) is 24.0 Å². The summed E-state index contributed by atoms with van der Waals surface area (Å²) in [7, 11) is 0. The number of carbonyl (C=O) groups is 1. The van der Waals surface area contributed by atoms with Crippen LogP contribution in [0.15, 0.2) is 11.0 Å². The number of anilines is 1. The van der Waals surface area contributed by atoms with Crippen LogP contribution in [-0.2, 0) is 14.3 Å². The highest BCUT2D eigenvalue weighted by Crippen LogP contribution is 2.35. The number of ether oxygens (including phenoxy) is 2. The van der Waals surface area contributed by atoms with Crippen LogP contribution in [0, 0.1) is 11.7 Å². The summed E-state index contributed by atoms with van der Waals surface area (Å²) in [5.41, 5.74) is 4.48. The lowest BCUT2D eigenvalue weighted by atomic mass is 10.0. The first-order valence-corrected chi connectivity index (χ1v) is 6.18. The van der Waals surface area contributed by atoms with Crippen molar-refractivity contribution in [1.29, 1.82) is 0 Å². The van der Waals surface area contributed by atoms with Crippen LogP contribution in [0.25, 0.3) is 0 Å². The molecule has 1 aromatic heterocycles. The van der Waals surface area contributed by atoms with Crippen molar-refractivity contribution in [2.75, 3.05) is 5.73 Å². The Morgan fingerprint density at radius 2 is 2.20 bits per heavy atom. The Morgan fingerprint density at radius 3 is 2.80 bits per heavy atom. The first-order valence-electron chi connectivity index (χ1n) is 6.18. The van der Waals surface area contributed by atoms with Crippen LogP contribution in [0.1, 0.15) is 27.0 Å². The molecule has 0 radical (unpaired) electrons. The molecule has 110 valence electrons. The quantitative estimate of drug-likeness (QED) is 0.792. The standard InChI is InChI=1S/C12H16FN3O4/c1-5-6(2)19-11(9(5)20-7(3)17)16-4-8(13)10(14)15-12(16)18/h4-6,9,11H,1-3H3,(H2,14,15,18)/t5?,6?,9?,11-/m1/s1. The minimum Gasteiger partial charge on any atom is -0.457 e. The molecule has 1 aromatic rings. The molecule has 8 heteroatoms. The molecule has 1 fully saturated rings. The fraction of sp³-hybridized carbons (Fsp3) is 0.583. The third-order valence-electron chi connectivity index (χ3n) is 3.40. The maximum Gasteiger partial charge on any atom is 0.351 e. The lowest BCUT2D eigenvalue weighted by Crippen LogP contribution is -2.36. The smallest absolute Gasteiger partial charge is 0.351 e. The summed E-state index contributed by atoms with van der Waals surface area (Å²) in [4.78, 5) is 26.3. The summed E-state index contributed by atoms with van der Waals surface area (Å²) in [6, 6.07) is 0. The summed E-state index contributed by atoms with van der Waals surface area (Å²) < 4.78 is 25.2. The van der Waals surface area contributed by atoms with Crippen LogP contribution < -0.4 is 11.4 Å². The number of rotatable bonds is 2. The predicted octanol–water partition coefficient (Wildman–Crippen LogP) is 0.450. The highest BCUT2D eigenvalue weighted by molar-refractivity contribution is 5.66. The molecule has 0 amide bonds. The van der Waals surface area contributed by atoms with Gasteiger partial charge in [0.1, 0.15) is 0 Å². The number of aromatic nitrogens is 2. The summed E-state index contributed by atoms with van der Waals surface area (Å²) in [6.45, 7) is 4.87. The molecule has 0 aliphatic carbocycles. The lowest BCUT2D eigenvalue weighted by molar-refractivity contribution is -0.153. The van der Waals surface area contributed by atoms with E-state index < -0.39 is 35.6 Å². The first kappa shape index (κ1) is 14.4. The van der Waals surface area contributed by atoms with Crippen molar-refractivity contribution in [1.82, 2.24) is 9.55 Å². The van der Waals surface area contributed by atoms with Crippen LogP contribution in [0.5, 0.6) is 0 Å². The molecule has 20 heavy (non-hydrogen) atoms. The Hall–Kier alpha value is -1.96. The fourth-order valence-corrected chi connectivity index (χ4v) is 2.17. The maximum absolute atomic E-state index is 13.5. The number of esters is 1. The number of nitrogens with two attached hydrogens (primary N) is 1. The molecular weight excluding hydrogens is 269 g/mol. The molecule has 0 bridgehead atoms. The van der Waals surface area contributed by atoms with Crippen LogP contribution in [0.3, 0.4) is 0 Å². The largest absolute Gasteiger partial charge is 0.457 e. The van der Waals surface area contributed by atoms with Gasteiger partial charge in [-0.25, -0.2) is 9.18 Å². The van der Waals surface area contributed by atoms with Crippen LogP contribution >= 0.6 is 0 Å². The molecule has 1 aliphatic rings. The van der Waals surface area contributed by atoms with Crippen molar-refractivity contribution >= 4 is 11.8 Å². The number of halogens is 1. The van der Waals surface area contributed by atoms with Gasteiger partial charge in [-0.05, 0) is 6.92 Å². The average molecular weight is 285 g/mol. The highest BCUT2D eigenvalue weighted by Gasteiger charge is 2.43. The third-order valence-corrected chi connectivity index (χ3v) is 3.40. The van der Waals surface area contributed by atoms with Gasteiger partial charge >= 0.3 is 11.7 Å². The Balaban J connectivity index is 2.42. The van der Waals surface area contributed by atoms with Gasteiger partial charge in [0, 0.05) is 12.8 Å². The zero-order chi connectivity index (χ0) is 15.0. The fourth-order valence-electron chi connectivity index (χ4n) is 2.17. The minimum atomic E-state index is -0.918. The van der Waals surface area contributed by atoms with Crippen LogP contribution in [0.2, 0.25) is 0 Å². The highest BCUT2D eigenvalue weighted by atomic mass is 19.1. The molecule has 0 saturated carbocycles. The van der Waals surface area contributed by atoms with E-state index in [1.807, 2.05) is 6.92 Å². The van der Waals surface area contributed by atoms with E-state index in [0.717, 1.165) is 10.8 Å². The summed E-state index contributed by atoms with van der Waals surface area (Å²) >= 11 is 0. The van der Waals surface area contributed by atoms with Gasteiger partial charge < -0.3 is 15.2 Å². The second-order valence-electron chi connectivity index (χ2n) is 4.83. The molecule has 7 nitrogen and oxygen atoms in total. The van der Waals surface area contributed by atoms with E-state index in [0.29, 0.717) is 0 Å². The molecule has 1 aliphatic heterocycles. The Bertz CT molecular complexity index is 589. The maximum atomic E-state index is 13.5. The molecule has 1 saturated heterocycles. The average Bonchev–Trinajstić information content (AvgIpc) is 2.61. The van der Waals surface area contributed by atoms with E-state index in [2.05, 4.69) is 4.98 Å². The molecule has 0 spiro atoms. The van der Waals surface area contributed by atoms with E-state index >= 15 is 0 Å². The van der Waals surface area contributed by atoms with Crippen molar-refractivity contribution < 1.29 is 18.7 Å². The van der Waals surface area contributed by atoms with Crippen molar-refractivity contribution in [3.05, 3.63) is 22.5 Å². The first-order chi connectivity index (χ1) is 9.31. The van der Waals surface area contributed by atoms with Gasteiger partial charge in [0.25, 0.3) is 0 Å². The Morgan fingerprint density at radius 1 is 1.55 bits per heavy atom. The Kier molecular flexibility index (Phi) is 3.76. The number of carbonyl (C=O) groups excluding carboxylic acids is 1. The van der Waals surface area contributed by atoms with E-state index in [4.69, 9.17) is 15.2 Å². The van der Waals surface area contributed by atoms with Gasteiger partial charge in [-0.3, -0.25) is 9.36 Å². The minimum absolute atomic E-state index is 0.142. The van der Waals surface area contributed by atoms with Gasteiger partial charge in [0.2, 0.25) is 0 Å². The molecule has 0 aromatic carbocycles. The van der Waals surface area contributed by atoms with Crippen molar-refractivity contribution in [3.8, 4) is 0 Å². The van der Waals surface area contributed by atoms with E-state index in [1.165, 1.54) is 6.92 Å². The van der Waals surface area contributed by atoms with Crippen LogP contribution in [0.4, 0.5) is 10.2 Å². The lowest BCUT2D eigenvalue weighted by Gasteiger charge is -2.22. The molecule has 2 N–H and O–H groups in total. The van der Waals surface area contributed by atoms with E-state index in [-0.39, 0.29) is 12.0 Å². The molecule has 2 rings (SSSR count). The Labute approximate surface area is 114 Å². The number of hydrogen-bond acceptors (Lipinski definition) is 6. The summed E-state index contributed by atoms with van der Waals surface area (Å²) in [6.07, 6.45) is -0.947. The zero-order valence-electron chi connectivity index (χ0n) is 11.4. The second kappa shape index (κ2) is 5.20. The number of nitrogens with zero attached hydrogens (tertiary/aromatic N) is 2. The third kappa shape index (κ3) is 2.51. The monoisotopic (exact) mass is 285 g/mol. The molecule has 3 unspecified atom stereocenters. The van der Waals surface area contributed by atoms with E-state index in [1.54, 1.807) is 6.92 Å². The molecule has 2 heterocycles.